The minimum atomic E-state index is -0.0160. The van der Waals surface area contributed by atoms with Gasteiger partial charge in [-0.2, -0.15) is 0 Å². The number of carbonyl (C=O) groups is 1. The zero-order chi connectivity index (χ0) is 17.5. The molecule has 128 valence electrons. The predicted molar refractivity (Wildman–Crippen MR) is 97.2 cm³/mol. The van der Waals surface area contributed by atoms with Crippen LogP contribution in [0.15, 0.2) is 42.9 Å². The summed E-state index contributed by atoms with van der Waals surface area (Å²) in [5.41, 5.74) is 1.67. The summed E-state index contributed by atoms with van der Waals surface area (Å²) in [4.78, 5) is 25.1. The Bertz CT molecular complexity index is 640. The predicted octanol–water partition coefficient (Wildman–Crippen LogP) is 3.55. The van der Waals surface area contributed by atoms with Gasteiger partial charge in [0.05, 0.1) is 11.6 Å². The molecular formula is C19H26N4O. The number of aromatic nitrogens is 2. The number of hydrogen-bond donors (Lipinski definition) is 0. The van der Waals surface area contributed by atoms with Crippen LogP contribution in [0.2, 0.25) is 0 Å². The molecule has 2 aromatic rings. The normalized spacial score (nSPS) is 11.8. The summed E-state index contributed by atoms with van der Waals surface area (Å²) in [6.07, 6.45) is 8.33. The van der Waals surface area contributed by atoms with E-state index in [1.165, 1.54) is 0 Å². The van der Waals surface area contributed by atoms with E-state index >= 15 is 0 Å². The maximum atomic E-state index is 12.9. The summed E-state index contributed by atoms with van der Waals surface area (Å²) in [6.45, 7) is 2.16. The molecular weight excluding hydrogens is 300 g/mol. The number of nitrogens with zero attached hydrogens (tertiary/aromatic N) is 4. The molecule has 0 bridgehead atoms. The van der Waals surface area contributed by atoms with Gasteiger partial charge in [-0.1, -0.05) is 25.8 Å². The molecule has 2 aromatic heterocycles. The monoisotopic (exact) mass is 326 g/mol. The second kappa shape index (κ2) is 8.43. The second-order valence-corrected chi connectivity index (χ2v) is 6.16. The number of anilines is 1. The lowest BCUT2D eigenvalue weighted by Crippen LogP contribution is -2.31. The van der Waals surface area contributed by atoms with Crippen molar-refractivity contribution in [3.63, 3.8) is 0 Å². The van der Waals surface area contributed by atoms with Crippen LogP contribution in [-0.2, 0) is 0 Å². The van der Waals surface area contributed by atoms with Crippen LogP contribution in [0, 0.1) is 0 Å². The van der Waals surface area contributed by atoms with Gasteiger partial charge in [-0.3, -0.25) is 9.78 Å². The lowest BCUT2D eigenvalue weighted by molar-refractivity contribution is 0.0719. The van der Waals surface area contributed by atoms with Gasteiger partial charge in [-0.15, -0.1) is 0 Å². The van der Waals surface area contributed by atoms with Gasteiger partial charge in [0.25, 0.3) is 5.91 Å². The van der Waals surface area contributed by atoms with Crippen LogP contribution in [0.4, 0.5) is 5.82 Å². The van der Waals surface area contributed by atoms with Gasteiger partial charge in [0.15, 0.2) is 0 Å². The fraction of sp³-hybridized carbons (Fsp3) is 0.421. The average Bonchev–Trinajstić information content (AvgIpc) is 2.62. The summed E-state index contributed by atoms with van der Waals surface area (Å²) in [5, 5.41) is 0. The topological polar surface area (TPSA) is 49.3 Å². The van der Waals surface area contributed by atoms with Crippen LogP contribution in [0.25, 0.3) is 0 Å². The number of unbranched alkanes of at least 4 members (excludes halogenated alkanes) is 1. The minimum Gasteiger partial charge on any atom is -0.363 e. The number of pyridine rings is 2. The van der Waals surface area contributed by atoms with E-state index in [1.54, 1.807) is 17.3 Å². The van der Waals surface area contributed by atoms with Crippen molar-refractivity contribution < 1.29 is 4.79 Å². The Kier molecular flexibility index (Phi) is 6.29. The van der Waals surface area contributed by atoms with Crippen LogP contribution in [0.1, 0.15) is 48.1 Å². The van der Waals surface area contributed by atoms with Gasteiger partial charge in [0, 0.05) is 39.7 Å². The van der Waals surface area contributed by atoms with Crippen molar-refractivity contribution in [1.29, 1.82) is 0 Å². The molecule has 0 fully saturated rings. The first-order chi connectivity index (χ1) is 11.5. The van der Waals surface area contributed by atoms with Crippen molar-refractivity contribution in [1.82, 2.24) is 14.9 Å². The molecule has 0 aliphatic carbocycles. The fourth-order valence-electron chi connectivity index (χ4n) is 2.68. The highest BCUT2D eigenvalue weighted by molar-refractivity contribution is 5.94. The summed E-state index contributed by atoms with van der Waals surface area (Å²) in [5.74, 6) is 0.821. The van der Waals surface area contributed by atoms with E-state index in [2.05, 4.69) is 16.9 Å². The number of amides is 1. The van der Waals surface area contributed by atoms with E-state index in [1.807, 2.05) is 56.5 Å². The Morgan fingerprint density at radius 3 is 2.50 bits per heavy atom. The highest BCUT2D eigenvalue weighted by Gasteiger charge is 2.22. The molecule has 0 saturated carbocycles. The van der Waals surface area contributed by atoms with Crippen molar-refractivity contribution in [2.75, 3.05) is 26.0 Å². The zero-order valence-electron chi connectivity index (χ0n) is 14.9. The number of hydrogen-bond acceptors (Lipinski definition) is 4. The Labute approximate surface area is 144 Å². The molecule has 0 radical (unpaired) electrons. The fourth-order valence-corrected chi connectivity index (χ4v) is 2.68. The quantitative estimate of drug-likeness (QED) is 0.781. The molecule has 1 unspecified atom stereocenters. The first-order valence-electron chi connectivity index (χ1n) is 8.35. The van der Waals surface area contributed by atoms with E-state index in [0.29, 0.717) is 5.56 Å². The molecule has 0 aliphatic rings. The molecule has 1 atom stereocenters. The van der Waals surface area contributed by atoms with Gasteiger partial charge >= 0.3 is 0 Å². The third-order valence-corrected chi connectivity index (χ3v) is 4.14. The van der Waals surface area contributed by atoms with Crippen molar-refractivity contribution >= 4 is 11.7 Å². The first kappa shape index (κ1) is 17.9. The summed E-state index contributed by atoms with van der Waals surface area (Å²) in [6, 6.07) is 7.68. The SMILES string of the molecule is CCCCC(c1cccnc1)N(C)C(=O)c1ccc(N(C)C)nc1. The molecule has 0 N–H and O–H groups in total. The maximum Gasteiger partial charge on any atom is 0.255 e. The Hall–Kier alpha value is -2.43. The van der Waals surface area contributed by atoms with Crippen LogP contribution < -0.4 is 4.90 Å². The average molecular weight is 326 g/mol. The van der Waals surface area contributed by atoms with E-state index < -0.39 is 0 Å². The summed E-state index contributed by atoms with van der Waals surface area (Å²) < 4.78 is 0. The van der Waals surface area contributed by atoms with Gasteiger partial charge in [0.2, 0.25) is 0 Å². The molecule has 2 rings (SSSR count). The van der Waals surface area contributed by atoms with Crippen LogP contribution >= 0.6 is 0 Å². The molecule has 5 nitrogen and oxygen atoms in total. The molecule has 0 saturated heterocycles. The maximum absolute atomic E-state index is 12.9. The van der Waals surface area contributed by atoms with E-state index in [9.17, 15) is 4.79 Å². The largest absolute Gasteiger partial charge is 0.363 e. The lowest BCUT2D eigenvalue weighted by Gasteiger charge is -2.28. The van der Waals surface area contributed by atoms with Crippen LogP contribution in [-0.4, -0.2) is 41.9 Å². The van der Waals surface area contributed by atoms with Gasteiger partial charge < -0.3 is 9.80 Å². The van der Waals surface area contributed by atoms with Gasteiger partial charge in [-0.25, -0.2) is 4.98 Å². The molecule has 2 heterocycles. The zero-order valence-corrected chi connectivity index (χ0v) is 14.9. The second-order valence-electron chi connectivity index (χ2n) is 6.16. The highest BCUT2D eigenvalue weighted by atomic mass is 16.2. The first-order valence-corrected chi connectivity index (χ1v) is 8.35. The highest BCUT2D eigenvalue weighted by Crippen LogP contribution is 2.26. The van der Waals surface area contributed by atoms with E-state index in [0.717, 1.165) is 30.6 Å². The minimum absolute atomic E-state index is 0.0160. The molecule has 0 aromatic carbocycles. The van der Waals surface area contributed by atoms with E-state index in [4.69, 9.17) is 0 Å². The lowest BCUT2D eigenvalue weighted by atomic mass is 10.0. The van der Waals surface area contributed by atoms with Crippen LogP contribution in [0.5, 0.6) is 0 Å². The smallest absolute Gasteiger partial charge is 0.255 e. The van der Waals surface area contributed by atoms with Gasteiger partial charge in [-0.05, 0) is 30.2 Å². The Balaban J connectivity index is 2.21. The standard InChI is InChI=1S/C19H26N4O/c1-5-6-9-17(15-8-7-12-20-13-15)23(4)19(24)16-10-11-18(21-14-16)22(2)3/h7-8,10-14,17H,5-6,9H2,1-4H3. The molecule has 1 amide bonds. The Morgan fingerprint density at radius 1 is 1.17 bits per heavy atom. The van der Waals surface area contributed by atoms with Crippen LogP contribution in [0.3, 0.4) is 0 Å². The Morgan fingerprint density at radius 2 is 1.96 bits per heavy atom. The third-order valence-electron chi connectivity index (χ3n) is 4.14. The summed E-state index contributed by atoms with van der Waals surface area (Å²) >= 11 is 0. The summed E-state index contributed by atoms with van der Waals surface area (Å²) in [7, 11) is 5.72. The number of carbonyl (C=O) groups excluding carboxylic acids is 1. The molecule has 0 aliphatic heterocycles. The van der Waals surface area contributed by atoms with Crippen molar-refractivity contribution in [2.45, 2.75) is 32.2 Å². The number of rotatable bonds is 7. The molecule has 0 spiro atoms. The van der Waals surface area contributed by atoms with Gasteiger partial charge in [0.1, 0.15) is 5.82 Å². The molecule has 5 heteroatoms. The molecule has 24 heavy (non-hydrogen) atoms. The van der Waals surface area contributed by atoms with E-state index in [-0.39, 0.29) is 11.9 Å². The van der Waals surface area contributed by atoms with Crippen molar-refractivity contribution in [3.8, 4) is 0 Å². The third kappa shape index (κ3) is 4.31. The van der Waals surface area contributed by atoms with Crippen molar-refractivity contribution in [2.24, 2.45) is 0 Å². The van der Waals surface area contributed by atoms with Crippen molar-refractivity contribution in [3.05, 3.63) is 54.0 Å².